The van der Waals surface area contributed by atoms with Crippen LogP contribution >= 0.6 is 0 Å². The summed E-state index contributed by atoms with van der Waals surface area (Å²) in [6.45, 7) is 0. The van der Waals surface area contributed by atoms with Crippen molar-refractivity contribution in [2.45, 2.75) is 0 Å². The number of nitrogens with one attached hydrogen (secondary N) is 1. The summed E-state index contributed by atoms with van der Waals surface area (Å²) in [5.74, 6) is -2.05. The van der Waals surface area contributed by atoms with Crippen molar-refractivity contribution in [2.75, 3.05) is 5.32 Å². The first-order chi connectivity index (χ1) is 11.4. The Hall–Kier alpha value is -3.68. The third-order valence-corrected chi connectivity index (χ3v) is 3.03. The van der Waals surface area contributed by atoms with Crippen LogP contribution in [0.1, 0.15) is 15.9 Å². The normalized spacial score (nSPS) is 10.5. The van der Waals surface area contributed by atoms with Crippen molar-refractivity contribution in [1.82, 2.24) is 0 Å². The molecule has 0 heterocycles. The lowest BCUT2D eigenvalue weighted by atomic mass is 10.1. The van der Waals surface area contributed by atoms with Crippen LogP contribution in [0.2, 0.25) is 0 Å². The Morgan fingerprint density at radius 3 is 2.38 bits per heavy atom. The number of rotatable bonds is 5. The Balaban J connectivity index is 2.09. The third kappa shape index (κ3) is 4.17. The van der Waals surface area contributed by atoms with Crippen LogP contribution in [-0.4, -0.2) is 27.0 Å². The quantitative estimate of drug-likeness (QED) is 0.335. The molecule has 2 rings (SSSR count). The zero-order chi connectivity index (χ0) is 17.7. The molecule has 1 amide bonds. The van der Waals surface area contributed by atoms with E-state index < -0.39 is 16.8 Å². The second-order valence-electron chi connectivity index (χ2n) is 4.71. The van der Waals surface area contributed by atoms with Crippen LogP contribution in [-0.2, 0) is 4.79 Å². The van der Waals surface area contributed by atoms with Gasteiger partial charge in [-0.05, 0) is 42.0 Å². The molecule has 24 heavy (non-hydrogen) atoms. The van der Waals surface area contributed by atoms with Crippen LogP contribution in [0.5, 0.6) is 5.75 Å². The smallest absolute Gasteiger partial charge is 0.335 e. The van der Waals surface area contributed by atoms with Gasteiger partial charge in [-0.15, -0.1) is 0 Å². The maximum Gasteiger partial charge on any atom is 0.335 e. The first-order valence-corrected chi connectivity index (χ1v) is 6.66. The summed E-state index contributed by atoms with van der Waals surface area (Å²) in [6.07, 6.45) is 2.59. The molecule has 0 aliphatic heterocycles. The fourth-order valence-corrected chi connectivity index (χ4v) is 1.82. The lowest BCUT2D eigenvalue weighted by Gasteiger charge is -2.06. The molecule has 0 unspecified atom stereocenters. The number of amides is 1. The molecule has 0 saturated carbocycles. The third-order valence-electron chi connectivity index (χ3n) is 3.03. The molecule has 2 aromatic carbocycles. The molecule has 3 N–H and O–H groups in total. The summed E-state index contributed by atoms with van der Waals surface area (Å²) in [6, 6.07) is 9.07. The summed E-state index contributed by atoms with van der Waals surface area (Å²) in [5, 5.41) is 31.4. The van der Waals surface area contributed by atoms with E-state index in [1.165, 1.54) is 42.5 Å². The van der Waals surface area contributed by atoms with Gasteiger partial charge in [0.2, 0.25) is 5.91 Å². The van der Waals surface area contributed by atoms with Crippen molar-refractivity contribution in [2.24, 2.45) is 0 Å². The number of phenolic OH excluding ortho intramolecular Hbond substituents is 1. The minimum atomic E-state index is -1.19. The molecule has 0 aliphatic carbocycles. The van der Waals surface area contributed by atoms with E-state index in [9.17, 15) is 24.8 Å². The van der Waals surface area contributed by atoms with E-state index in [2.05, 4.69) is 5.32 Å². The number of non-ortho nitro benzene ring substituents is 1. The number of carboxylic acid groups (broad SMARTS) is 1. The number of aromatic carboxylic acids is 1. The van der Waals surface area contributed by atoms with E-state index in [-0.39, 0.29) is 22.7 Å². The van der Waals surface area contributed by atoms with Crippen molar-refractivity contribution in [3.63, 3.8) is 0 Å². The van der Waals surface area contributed by atoms with Crippen LogP contribution in [0.4, 0.5) is 11.4 Å². The van der Waals surface area contributed by atoms with Gasteiger partial charge in [-0.2, -0.15) is 0 Å². The molecule has 8 heteroatoms. The number of benzene rings is 2. The molecule has 122 valence electrons. The Morgan fingerprint density at radius 1 is 1.12 bits per heavy atom. The van der Waals surface area contributed by atoms with Gasteiger partial charge < -0.3 is 15.5 Å². The molecule has 0 aliphatic rings. The monoisotopic (exact) mass is 328 g/mol. The molecule has 0 radical (unpaired) electrons. The topological polar surface area (TPSA) is 130 Å². The van der Waals surface area contributed by atoms with E-state index in [1.54, 1.807) is 0 Å². The van der Waals surface area contributed by atoms with Crippen molar-refractivity contribution < 1.29 is 24.7 Å². The summed E-state index contributed by atoms with van der Waals surface area (Å²) >= 11 is 0. The summed E-state index contributed by atoms with van der Waals surface area (Å²) in [5.41, 5.74) is 0.391. The zero-order valence-electron chi connectivity index (χ0n) is 12.2. The van der Waals surface area contributed by atoms with Gasteiger partial charge in [0.1, 0.15) is 5.75 Å². The number of carbonyl (C=O) groups excluding carboxylic acids is 1. The minimum absolute atomic E-state index is 0.0340. The Labute approximate surface area is 135 Å². The van der Waals surface area contributed by atoms with Gasteiger partial charge >= 0.3 is 5.97 Å². The fourth-order valence-electron chi connectivity index (χ4n) is 1.82. The molecular formula is C16H12N2O6. The number of phenols is 1. The van der Waals surface area contributed by atoms with Crippen molar-refractivity contribution in [3.05, 3.63) is 69.8 Å². The predicted molar refractivity (Wildman–Crippen MR) is 85.8 cm³/mol. The molecular weight excluding hydrogens is 316 g/mol. The van der Waals surface area contributed by atoms with Crippen LogP contribution < -0.4 is 5.32 Å². The van der Waals surface area contributed by atoms with Gasteiger partial charge in [0.25, 0.3) is 5.69 Å². The highest BCUT2D eigenvalue weighted by Gasteiger charge is 2.09. The number of nitrogens with zero attached hydrogens (tertiary/aromatic N) is 1. The Bertz CT molecular complexity index is 827. The maximum absolute atomic E-state index is 11.8. The number of hydrogen-bond acceptors (Lipinski definition) is 5. The highest BCUT2D eigenvalue weighted by atomic mass is 16.6. The fraction of sp³-hybridized carbons (Fsp3) is 0. The molecule has 0 spiro atoms. The molecule has 0 bridgehead atoms. The van der Waals surface area contributed by atoms with E-state index in [4.69, 9.17) is 5.11 Å². The second kappa shape index (κ2) is 7.05. The molecule has 0 saturated heterocycles. The van der Waals surface area contributed by atoms with Crippen LogP contribution in [0.3, 0.4) is 0 Å². The molecule has 0 fully saturated rings. The zero-order valence-corrected chi connectivity index (χ0v) is 12.2. The lowest BCUT2D eigenvalue weighted by Crippen LogP contribution is -2.09. The first kappa shape index (κ1) is 16.7. The predicted octanol–water partition coefficient (Wildman–Crippen LogP) is 2.65. The van der Waals surface area contributed by atoms with Gasteiger partial charge in [0, 0.05) is 18.2 Å². The number of nitro benzene ring substituents is 1. The van der Waals surface area contributed by atoms with Gasteiger partial charge in [-0.3, -0.25) is 14.9 Å². The highest BCUT2D eigenvalue weighted by Crippen LogP contribution is 2.24. The Kier molecular flexibility index (Phi) is 4.90. The summed E-state index contributed by atoms with van der Waals surface area (Å²) in [4.78, 5) is 32.7. The molecule has 0 aromatic heterocycles. The molecule has 2 aromatic rings. The van der Waals surface area contributed by atoms with E-state index in [0.29, 0.717) is 5.56 Å². The van der Waals surface area contributed by atoms with Crippen LogP contribution in [0.15, 0.2) is 48.5 Å². The van der Waals surface area contributed by atoms with Crippen LogP contribution in [0, 0.1) is 10.1 Å². The number of nitro groups is 1. The Morgan fingerprint density at radius 2 is 1.79 bits per heavy atom. The van der Waals surface area contributed by atoms with E-state index >= 15 is 0 Å². The van der Waals surface area contributed by atoms with Crippen molar-refractivity contribution in [1.29, 1.82) is 0 Å². The van der Waals surface area contributed by atoms with E-state index in [1.807, 2.05) is 0 Å². The minimum Gasteiger partial charge on any atom is -0.506 e. The second-order valence-corrected chi connectivity index (χ2v) is 4.71. The van der Waals surface area contributed by atoms with Gasteiger partial charge in [0.05, 0.1) is 16.2 Å². The maximum atomic E-state index is 11.8. The lowest BCUT2D eigenvalue weighted by molar-refractivity contribution is -0.384. The largest absolute Gasteiger partial charge is 0.506 e. The SMILES string of the molecule is O=C(/C=C/c1ccc([N+](=O)[O-])cc1)Nc1cc(C(=O)O)ccc1O. The van der Waals surface area contributed by atoms with Gasteiger partial charge in [0.15, 0.2) is 0 Å². The van der Waals surface area contributed by atoms with Gasteiger partial charge in [-0.1, -0.05) is 0 Å². The number of carbonyl (C=O) groups is 2. The number of hydrogen-bond donors (Lipinski definition) is 3. The number of anilines is 1. The summed E-state index contributed by atoms with van der Waals surface area (Å²) in [7, 11) is 0. The van der Waals surface area contributed by atoms with Crippen molar-refractivity contribution >= 4 is 29.3 Å². The van der Waals surface area contributed by atoms with Gasteiger partial charge in [-0.25, -0.2) is 4.79 Å². The standard InChI is InChI=1S/C16H12N2O6/c19-14-7-4-11(16(21)22)9-13(14)17-15(20)8-3-10-1-5-12(6-2-10)18(23)24/h1-9,19H,(H,17,20)(H,21,22)/b8-3+. The van der Waals surface area contributed by atoms with E-state index in [0.717, 1.165) is 12.1 Å². The highest BCUT2D eigenvalue weighted by molar-refractivity contribution is 6.03. The van der Waals surface area contributed by atoms with Crippen molar-refractivity contribution in [3.8, 4) is 5.75 Å². The van der Waals surface area contributed by atoms with Crippen LogP contribution in [0.25, 0.3) is 6.08 Å². The number of carboxylic acids is 1. The average molecular weight is 328 g/mol. The summed E-state index contributed by atoms with van der Waals surface area (Å²) < 4.78 is 0. The average Bonchev–Trinajstić information content (AvgIpc) is 2.55. The molecule has 8 nitrogen and oxygen atoms in total. The first-order valence-electron chi connectivity index (χ1n) is 6.66. The molecule has 0 atom stereocenters. The number of aromatic hydroxyl groups is 1.